The highest BCUT2D eigenvalue weighted by atomic mass is 16.5. The van der Waals surface area contributed by atoms with Gasteiger partial charge in [0.2, 0.25) is 0 Å². The highest BCUT2D eigenvalue weighted by Gasteiger charge is 2.15. The van der Waals surface area contributed by atoms with Crippen LogP contribution in [0.3, 0.4) is 0 Å². The second-order valence-electron chi connectivity index (χ2n) is 4.24. The van der Waals surface area contributed by atoms with E-state index in [0.29, 0.717) is 0 Å². The van der Waals surface area contributed by atoms with E-state index in [2.05, 4.69) is 9.72 Å². The van der Waals surface area contributed by atoms with E-state index < -0.39 is 5.97 Å². The molecule has 0 bridgehead atoms. The van der Waals surface area contributed by atoms with Gasteiger partial charge in [0, 0.05) is 23.0 Å². The van der Waals surface area contributed by atoms with E-state index in [4.69, 9.17) is 0 Å². The first kappa shape index (κ1) is 12.4. The fraction of sp³-hybridized carbons (Fsp3) is 0.286. The molecule has 1 aromatic carbocycles. The number of para-hydroxylation sites is 1. The first-order valence-electron chi connectivity index (χ1n) is 5.76. The van der Waals surface area contributed by atoms with Crippen molar-refractivity contribution in [2.75, 3.05) is 7.11 Å². The second kappa shape index (κ2) is 5.04. The number of hydrogen-bond acceptors (Lipinski definition) is 3. The first-order valence-corrected chi connectivity index (χ1v) is 5.76. The lowest BCUT2D eigenvalue weighted by Crippen LogP contribution is -2.11. The maximum atomic E-state index is 11.8. The van der Waals surface area contributed by atoms with Crippen molar-refractivity contribution in [3.8, 4) is 0 Å². The number of benzene rings is 1. The summed E-state index contributed by atoms with van der Waals surface area (Å²) in [4.78, 5) is 26.0. The molecule has 94 valence electrons. The van der Waals surface area contributed by atoms with Crippen LogP contribution in [0.25, 0.3) is 10.9 Å². The minimum atomic E-state index is -0.488. The summed E-state index contributed by atoms with van der Waals surface area (Å²) in [6.45, 7) is 1.93. The molecule has 4 heteroatoms. The van der Waals surface area contributed by atoms with Crippen LogP contribution >= 0.6 is 0 Å². The van der Waals surface area contributed by atoms with E-state index in [1.165, 1.54) is 7.11 Å². The summed E-state index contributed by atoms with van der Waals surface area (Å²) in [7, 11) is 1.28. The van der Waals surface area contributed by atoms with E-state index in [9.17, 15) is 9.59 Å². The molecule has 4 nitrogen and oxygen atoms in total. The van der Waals surface area contributed by atoms with Crippen molar-refractivity contribution < 1.29 is 14.3 Å². The Balaban J connectivity index is 2.24. The van der Waals surface area contributed by atoms with Crippen molar-refractivity contribution >= 4 is 22.7 Å². The Kier molecular flexibility index (Phi) is 3.46. The Morgan fingerprint density at radius 1 is 1.28 bits per heavy atom. The first-order chi connectivity index (χ1) is 8.61. The molecule has 2 aromatic rings. The highest BCUT2D eigenvalue weighted by Crippen LogP contribution is 2.22. The molecule has 0 radical (unpaired) electrons. The number of H-pyrrole nitrogens is 1. The quantitative estimate of drug-likeness (QED) is 0.663. The summed E-state index contributed by atoms with van der Waals surface area (Å²) >= 11 is 0. The number of nitrogens with one attached hydrogen (secondary N) is 1. The Labute approximate surface area is 105 Å². The van der Waals surface area contributed by atoms with Crippen LogP contribution in [0.15, 0.2) is 24.3 Å². The molecule has 1 N–H and O–H groups in total. The van der Waals surface area contributed by atoms with Crippen LogP contribution in [-0.4, -0.2) is 23.8 Å². The number of aryl methyl sites for hydroxylation is 1. The molecule has 0 spiro atoms. The smallest absolute Gasteiger partial charge is 0.313 e. The predicted octanol–water partition coefficient (Wildman–Crippen LogP) is 2.15. The van der Waals surface area contributed by atoms with Gasteiger partial charge in [-0.15, -0.1) is 0 Å². The number of carbonyl (C=O) groups excluding carboxylic acids is 2. The molecule has 18 heavy (non-hydrogen) atoms. The van der Waals surface area contributed by atoms with Crippen molar-refractivity contribution in [1.29, 1.82) is 0 Å². The Bertz CT molecular complexity index is 598. The largest absolute Gasteiger partial charge is 0.469 e. The number of Topliss-reactive ketones (excluding diaryl/α,β-unsaturated/α-hetero) is 1. The van der Waals surface area contributed by atoms with Gasteiger partial charge in [-0.2, -0.15) is 0 Å². The van der Waals surface area contributed by atoms with Crippen molar-refractivity contribution in [3.63, 3.8) is 0 Å². The lowest BCUT2D eigenvalue weighted by Gasteiger charge is -2.01. The number of aromatic amines is 1. The molecule has 0 saturated carbocycles. The minimum absolute atomic E-state index is 0.130. The zero-order chi connectivity index (χ0) is 13.1. The molecule has 0 aliphatic heterocycles. The van der Waals surface area contributed by atoms with Crippen LogP contribution in [0.2, 0.25) is 0 Å². The van der Waals surface area contributed by atoms with Gasteiger partial charge in [-0.25, -0.2) is 0 Å². The monoisotopic (exact) mass is 245 g/mol. The van der Waals surface area contributed by atoms with Gasteiger partial charge in [0.05, 0.1) is 7.11 Å². The van der Waals surface area contributed by atoms with Crippen LogP contribution in [-0.2, 0) is 20.7 Å². The van der Waals surface area contributed by atoms with Gasteiger partial charge < -0.3 is 9.72 Å². The molecular formula is C14H15NO3. The van der Waals surface area contributed by atoms with Crippen LogP contribution in [0, 0.1) is 6.92 Å². The molecule has 0 aliphatic carbocycles. The fourth-order valence-corrected chi connectivity index (χ4v) is 2.06. The molecule has 0 amide bonds. The number of aromatic nitrogens is 1. The normalized spacial score (nSPS) is 10.6. The number of ketones is 1. The van der Waals surface area contributed by atoms with Gasteiger partial charge in [0.1, 0.15) is 12.2 Å². The summed E-state index contributed by atoms with van der Waals surface area (Å²) in [5, 5.41) is 1.04. The van der Waals surface area contributed by atoms with Crippen molar-refractivity contribution in [2.45, 2.75) is 19.8 Å². The van der Waals surface area contributed by atoms with Crippen molar-refractivity contribution in [3.05, 3.63) is 35.5 Å². The SMILES string of the molecule is COC(=O)CC(=O)Cc1c(C)[nH]c2ccccc12. The number of fused-ring (bicyclic) bond motifs is 1. The van der Waals surface area contributed by atoms with Gasteiger partial charge >= 0.3 is 5.97 Å². The van der Waals surface area contributed by atoms with E-state index in [1.807, 2.05) is 31.2 Å². The summed E-state index contributed by atoms with van der Waals surface area (Å²) in [6.07, 6.45) is 0.0837. The number of rotatable bonds is 4. The predicted molar refractivity (Wildman–Crippen MR) is 68.4 cm³/mol. The number of carbonyl (C=O) groups is 2. The zero-order valence-electron chi connectivity index (χ0n) is 10.4. The van der Waals surface area contributed by atoms with E-state index in [1.54, 1.807) is 0 Å². The molecular weight excluding hydrogens is 230 g/mol. The van der Waals surface area contributed by atoms with Crippen LogP contribution < -0.4 is 0 Å². The lowest BCUT2D eigenvalue weighted by molar-refractivity contribution is -0.143. The van der Waals surface area contributed by atoms with Crippen LogP contribution in [0.4, 0.5) is 0 Å². The second-order valence-corrected chi connectivity index (χ2v) is 4.24. The summed E-state index contributed by atoms with van der Waals surface area (Å²) < 4.78 is 4.49. The van der Waals surface area contributed by atoms with Gasteiger partial charge in [-0.1, -0.05) is 18.2 Å². The zero-order valence-corrected chi connectivity index (χ0v) is 10.4. The number of methoxy groups -OCH3 is 1. The topological polar surface area (TPSA) is 59.2 Å². The maximum absolute atomic E-state index is 11.8. The molecule has 0 fully saturated rings. The molecule has 0 aliphatic rings. The van der Waals surface area contributed by atoms with Crippen molar-refractivity contribution in [2.24, 2.45) is 0 Å². The van der Waals surface area contributed by atoms with Gasteiger partial charge in [-0.3, -0.25) is 9.59 Å². The average Bonchev–Trinajstić information content (AvgIpc) is 2.66. The van der Waals surface area contributed by atoms with E-state index in [-0.39, 0.29) is 18.6 Å². The molecule has 2 rings (SSSR count). The van der Waals surface area contributed by atoms with E-state index >= 15 is 0 Å². The van der Waals surface area contributed by atoms with E-state index in [0.717, 1.165) is 22.2 Å². The molecule has 0 saturated heterocycles. The molecule has 0 atom stereocenters. The highest BCUT2D eigenvalue weighted by molar-refractivity contribution is 5.98. The summed E-state index contributed by atoms with van der Waals surface area (Å²) in [6, 6.07) is 7.82. The van der Waals surface area contributed by atoms with Crippen LogP contribution in [0.1, 0.15) is 17.7 Å². The summed E-state index contributed by atoms with van der Waals surface area (Å²) in [5.74, 6) is -0.618. The average molecular weight is 245 g/mol. The Hall–Kier alpha value is -2.10. The number of ether oxygens (including phenoxy) is 1. The molecule has 0 unspecified atom stereocenters. The third-order valence-electron chi connectivity index (χ3n) is 2.97. The third kappa shape index (κ3) is 2.42. The lowest BCUT2D eigenvalue weighted by atomic mass is 10.0. The van der Waals surface area contributed by atoms with Crippen LogP contribution in [0.5, 0.6) is 0 Å². The number of esters is 1. The van der Waals surface area contributed by atoms with Gasteiger partial charge in [-0.05, 0) is 18.6 Å². The van der Waals surface area contributed by atoms with Gasteiger partial charge in [0.25, 0.3) is 0 Å². The fourth-order valence-electron chi connectivity index (χ4n) is 2.06. The molecule has 1 heterocycles. The third-order valence-corrected chi connectivity index (χ3v) is 2.97. The Morgan fingerprint density at radius 2 is 2.00 bits per heavy atom. The standard InChI is InChI=1S/C14H15NO3/c1-9-12(7-10(16)8-14(17)18-2)11-5-3-4-6-13(11)15-9/h3-6,15H,7-8H2,1-2H3. The summed E-state index contributed by atoms with van der Waals surface area (Å²) in [5.41, 5.74) is 2.93. The van der Waals surface area contributed by atoms with Gasteiger partial charge in [0.15, 0.2) is 0 Å². The number of hydrogen-bond donors (Lipinski definition) is 1. The maximum Gasteiger partial charge on any atom is 0.313 e. The molecule has 1 aromatic heterocycles. The van der Waals surface area contributed by atoms with Crippen molar-refractivity contribution in [1.82, 2.24) is 4.98 Å². The Morgan fingerprint density at radius 3 is 2.72 bits per heavy atom. The minimum Gasteiger partial charge on any atom is -0.469 e.